The van der Waals surface area contributed by atoms with E-state index in [4.69, 9.17) is 0 Å². The molecule has 27 heavy (non-hydrogen) atoms. The van der Waals surface area contributed by atoms with Gasteiger partial charge in [0, 0.05) is 25.2 Å². The molecule has 1 aromatic rings. The van der Waals surface area contributed by atoms with Crippen molar-refractivity contribution in [1.29, 1.82) is 0 Å². The highest BCUT2D eigenvalue weighted by Crippen LogP contribution is 2.30. The molecule has 0 fully saturated rings. The molecule has 0 aromatic heterocycles. The van der Waals surface area contributed by atoms with Crippen LogP contribution in [0, 0.1) is 0 Å². The van der Waals surface area contributed by atoms with Crippen LogP contribution < -0.4 is 10.6 Å². The summed E-state index contributed by atoms with van der Waals surface area (Å²) in [6, 6.07) is 4.29. The van der Waals surface area contributed by atoms with Crippen LogP contribution in [0.3, 0.4) is 0 Å². The van der Waals surface area contributed by atoms with Gasteiger partial charge in [0.2, 0.25) is 0 Å². The number of hydrogen-bond donors (Lipinski definition) is 3. The van der Waals surface area contributed by atoms with E-state index in [1.807, 2.05) is 6.07 Å². The molecule has 2 rings (SSSR count). The molecule has 0 amide bonds. The number of aromatic hydroxyl groups is 1. The number of nitrogens with zero attached hydrogens (tertiary/aromatic N) is 2. The molecule has 1 aromatic carbocycles. The average Bonchev–Trinajstić information content (AvgIpc) is 2.69. The number of benzene rings is 1. The van der Waals surface area contributed by atoms with Gasteiger partial charge in [0.1, 0.15) is 5.75 Å². The van der Waals surface area contributed by atoms with Gasteiger partial charge in [-0.1, -0.05) is 19.9 Å². The molecule has 0 heterocycles. The van der Waals surface area contributed by atoms with Crippen LogP contribution in [0.4, 0.5) is 0 Å². The van der Waals surface area contributed by atoms with Gasteiger partial charge in [0.25, 0.3) is 0 Å². The van der Waals surface area contributed by atoms with Crippen LogP contribution in [0.2, 0.25) is 0 Å². The number of aliphatic imine (C=N–C) groups is 1. The Morgan fingerprint density at radius 2 is 1.96 bits per heavy atom. The molecule has 1 atom stereocenters. The van der Waals surface area contributed by atoms with E-state index in [1.165, 1.54) is 30.4 Å². The maximum absolute atomic E-state index is 10.3. The molecule has 5 heteroatoms. The standard InChI is InChI=1S/C22H38N4O/c1-5-26(6-2)15-9-10-17(3)25-22(23-4)24-16-20-19-12-8-7-11-18(19)13-14-21(20)27/h13-14,17,27H,5-12,15-16H2,1-4H3,(H2,23,24,25). The lowest BCUT2D eigenvalue weighted by molar-refractivity contribution is 0.292. The van der Waals surface area contributed by atoms with Gasteiger partial charge in [-0.15, -0.1) is 0 Å². The normalized spacial score (nSPS) is 15.5. The molecular weight excluding hydrogens is 336 g/mol. The molecule has 5 nitrogen and oxygen atoms in total. The van der Waals surface area contributed by atoms with E-state index in [0.717, 1.165) is 50.4 Å². The number of phenolic OH excluding ortho intramolecular Hbond substituents is 1. The first-order valence-corrected chi connectivity index (χ1v) is 10.6. The Morgan fingerprint density at radius 3 is 2.67 bits per heavy atom. The maximum atomic E-state index is 10.3. The third kappa shape index (κ3) is 6.42. The second-order valence-electron chi connectivity index (χ2n) is 7.55. The molecule has 3 N–H and O–H groups in total. The molecule has 0 radical (unpaired) electrons. The average molecular weight is 375 g/mol. The van der Waals surface area contributed by atoms with Crippen molar-refractivity contribution in [2.45, 2.75) is 71.9 Å². The van der Waals surface area contributed by atoms with Gasteiger partial charge in [0.15, 0.2) is 5.96 Å². The number of guanidine groups is 1. The van der Waals surface area contributed by atoms with Crippen molar-refractivity contribution in [2.75, 3.05) is 26.7 Å². The van der Waals surface area contributed by atoms with E-state index in [0.29, 0.717) is 18.3 Å². The summed E-state index contributed by atoms with van der Waals surface area (Å²) in [5, 5.41) is 17.2. The molecule has 0 spiro atoms. The maximum Gasteiger partial charge on any atom is 0.191 e. The van der Waals surface area contributed by atoms with Gasteiger partial charge in [-0.2, -0.15) is 0 Å². The number of rotatable bonds is 9. The zero-order valence-electron chi connectivity index (χ0n) is 17.6. The van der Waals surface area contributed by atoms with E-state index in [1.54, 1.807) is 7.05 Å². The summed E-state index contributed by atoms with van der Waals surface area (Å²) in [7, 11) is 1.80. The topological polar surface area (TPSA) is 59.9 Å². The van der Waals surface area contributed by atoms with Crippen molar-refractivity contribution in [3.05, 3.63) is 28.8 Å². The van der Waals surface area contributed by atoms with Gasteiger partial charge >= 0.3 is 0 Å². The van der Waals surface area contributed by atoms with Crippen molar-refractivity contribution in [2.24, 2.45) is 4.99 Å². The summed E-state index contributed by atoms with van der Waals surface area (Å²) in [5.74, 6) is 1.20. The van der Waals surface area contributed by atoms with Gasteiger partial charge in [-0.05, 0) is 82.3 Å². The van der Waals surface area contributed by atoms with Crippen LogP contribution in [0.1, 0.15) is 63.1 Å². The lowest BCUT2D eigenvalue weighted by Crippen LogP contribution is -2.42. The third-order valence-corrected chi connectivity index (χ3v) is 5.67. The van der Waals surface area contributed by atoms with Crippen LogP contribution in [-0.2, 0) is 19.4 Å². The first-order chi connectivity index (χ1) is 13.1. The lowest BCUT2D eigenvalue weighted by Gasteiger charge is -2.23. The Kier molecular flexibility index (Phi) is 8.92. The lowest BCUT2D eigenvalue weighted by atomic mass is 9.88. The molecular formula is C22H38N4O. The highest BCUT2D eigenvalue weighted by molar-refractivity contribution is 5.80. The van der Waals surface area contributed by atoms with Crippen molar-refractivity contribution in [3.63, 3.8) is 0 Å². The number of aryl methyl sites for hydroxylation is 1. The molecule has 0 saturated heterocycles. The van der Waals surface area contributed by atoms with Crippen molar-refractivity contribution >= 4 is 5.96 Å². The zero-order valence-corrected chi connectivity index (χ0v) is 17.6. The Morgan fingerprint density at radius 1 is 1.22 bits per heavy atom. The second-order valence-corrected chi connectivity index (χ2v) is 7.55. The molecule has 0 aliphatic heterocycles. The van der Waals surface area contributed by atoms with Gasteiger partial charge < -0.3 is 20.6 Å². The van der Waals surface area contributed by atoms with Crippen molar-refractivity contribution < 1.29 is 5.11 Å². The summed E-state index contributed by atoms with van der Waals surface area (Å²) in [6.45, 7) is 10.6. The molecule has 0 saturated carbocycles. The Bertz CT molecular complexity index is 611. The van der Waals surface area contributed by atoms with Gasteiger partial charge in [-0.3, -0.25) is 4.99 Å². The number of fused-ring (bicyclic) bond motifs is 1. The van der Waals surface area contributed by atoms with Crippen LogP contribution in [-0.4, -0.2) is 48.7 Å². The second kappa shape index (κ2) is 11.2. The number of hydrogen-bond acceptors (Lipinski definition) is 3. The quantitative estimate of drug-likeness (QED) is 0.458. The smallest absolute Gasteiger partial charge is 0.191 e. The summed E-state index contributed by atoms with van der Waals surface area (Å²) in [6.07, 6.45) is 6.94. The van der Waals surface area contributed by atoms with Crippen LogP contribution in [0.25, 0.3) is 0 Å². The van der Waals surface area contributed by atoms with Crippen LogP contribution in [0.15, 0.2) is 17.1 Å². The fourth-order valence-electron chi connectivity index (χ4n) is 3.92. The predicted molar refractivity (Wildman–Crippen MR) is 115 cm³/mol. The number of phenols is 1. The van der Waals surface area contributed by atoms with Crippen LogP contribution >= 0.6 is 0 Å². The van der Waals surface area contributed by atoms with Gasteiger partial charge in [0.05, 0.1) is 0 Å². The highest BCUT2D eigenvalue weighted by atomic mass is 16.3. The number of nitrogens with one attached hydrogen (secondary N) is 2. The minimum absolute atomic E-state index is 0.366. The minimum Gasteiger partial charge on any atom is -0.508 e. The largest absolute Gasteiger partial charge is 0.508 e. The molecule has 1 unspecified atom stereocenters. The summed E-state index contributed by atoms with van der Waals surface area (Å²) >= 11 is 0. The summed E-state index contributed by atoms with van der Waals surface area (Å²) in [4.78, 5) is 6.82. The predicted octanol–water partition coefficient (Wildman–Crippen LogP) is 3.45. The molecule has 0 bridgehead atoms. The van der Waals surface area contributed by atoms with E-state index in [9.17, 15) is 5.11 Å². The fourth-order valence-corrected chi connectivity index (χ4v) is 3.92. The van der Waals surface area contributed by atoms with Crippen molar-refractivity contribution in [3.8, 4) is 5.75 Å². The minimum atomic E-state index is 0.366. The Balaban J connectivity index is 1.85. The fraction of sp³-hybridized carbons (Fsp3) is 0.682. The molecule has 152 valence electrons. The first-order valence-electron chi connectivity index (χ1n) is 10.6. The summed E-state index contributed by atoms with van der Waals surface area (Å²) in [5.41, 5.74) is 3.75. The monoisotopic (exact) mass is 374 g/mol. The van der Waals surface area contributed by atoms with Crippen LogP contribution in [0.5, 0.6) is 5.75 Å². The third-order valence-electron chi connectivity index (χ3n) is 5.67. The molecule has 1 aliphatic carbocycles. The Hall–Kier alpha value is -1.75. The Labute approximate surface area is 165 Å². The van der Waals surface area contributed by atoms with E-state index < -0.39 is 0 Å². The zero-order chi connectivity index (χ0) is 19.6. The van der Waals surface area contributed by atoms with E-state index in [-0.39, 0.29) is 0 Å². The van der Waals surface area contributed by atoms with E-state index >= 15 is 0 Å². The van der Waals surface area contributed by atoms with E-state index in [2.05, 4.69) is 47.4 Å². The highest BCUT2D eigenvalue weighted by Gasteiger charge is 2.17. The van der Waals surface area contributed by atoms with Crippen molar-refractivity contribution in [1.82, 2.24) is 15.5 Å². The SMILES string of the molecule is CCN(CC)CCCC(C)NC(=NC)NCc1c(O)ccc2c1CCCC2. The molecule has 1 aliphatic rings. The first kappa shape index (κ1) is 21.5. The summed E-state index contributed by atoms with van der Waals surface area (Å²) < 4.78 is 0. The van der Waals surface area contributed by atoms with Gasteiger partial charge in [-0.25, -0.2) is 0 Å².